The van der Waals surface area contributed by atoms with Gasteiger partial charge in [-0.05, 0) is 71.1 Å². The molecule has 1 aromatic heterocycles. The lowest BCUT2D eigenvalue weighted by Crippen LogP contribution is -2.21. The van der Waals surface area contributed by atoms with Gasteiger partial charge in [-0.3, -0.25) is 4.72 Å². The van der Waals surface area contributed by atoms with Crippen LogP contribution in [0.4, 0.5) is 18.9 Å². The summed E-state index contributed by atoms with van der Waals surface area (Å²) in [6, 6.07) is 16.5. The highest BCUT2D eigenvalue weighted by molar-refractivity contribution is 7.90. The van der Waals surface area contributed by atoms with E-state index in [1.54, 1.807) is 0 Å². The van der Waals surface area contributed by atoms with Crippen LogP contribution >= 0.6 is 0 Å². The summed E-state index contributed by atoms with van der Waals surface area (Å²) < 4.78 is 66.9. The van der Waals surface area contributed by atoms with Crippen LogP contribution in [0.15, 0.2) is 66.7 Å². The molecule has 0 saturated carbocycles. The maximum Gasteiger partial charge on any atom is 0.435 e. The summed E-state index contributed by atoms with van der Waals surface area (Å²) in [4.78, 5) is 0. The van der Waals surface area contributed by atoms with Crippen molar-refractivity contribution in [2.45, 2.75) is 19.0 Å². The van der Waals surface area contributed by atoms with E-state index in [9.17, 15) is 21.6 Å². The van der Waals surface area contributed by atoms with E-state index in [0.29, 0.717) is 11.3 Å². The van der Waals surface area contributed by atoms with E-state index < -0.39 is 22.1 Å². The topological polar surface area (TPSA) is 90.0 Å². The molecule has 6 nitrogen and oxygen atoms in total. The number of aryl methyl sites for hydroxylation is 1. The summed E-state index contributed by atoms with van der Waals surface area (Å²) in [5, 5.41) is 10.9. The lowest BCUT2D eigenvalue weighted by molar-refractivity contribution is -0.141. The van der Waals surface area contributed by atoms with Crippen LogP contribution in [0.1, 0.15) is 23.2 Å². The number of halogens is 3. The molecular weight excluding hydrogens is 465 g/mol. The number of anilines is 1. The van der Waals surface area contributed by atoms with Gasteiger partial charge in [0.25, 0.3) is 10.2 Å². The van der Waals surface area contributed by atoms with Gasteiger partial charge >= 0.3 is 6.18 Å². The second-order valence-corrected chi connectivity index (χ2v) is 9.29. The molecule has 0 radical (unpaired) electrons. The molecule has 174 valence electrons. The number of rotatable bonds is 4. The Bertz CT molecular complexity index is 1540. The Morgan fingerprint density at radius 3 is 2.47 bits per heavy atom. The number of benzene rings is 3. The highest BCUT2D eigenvalue weighted by Crippen LogP contribution is 2.39. The standard InChI is InChI=1S/C24H19F3N4O2S/c25-24(26,27)23-14-22(31(29-23)17-11-9-16(10-12-17)30-34(28,32)33)21-13-15-5-1-2-6-18(15)19-7-3-4-8-20(19)21/h1-2,4-6,8-14,30H,3,7H2,(H2,28,32,33). The molecule has 0 fully saturated rings. The Kier molecular flexibility index (Phi) is 5.22. The molecule has 0 bridgehead atoms. The van der Waals surface area contributed by atoms with Crippen LogP contribution in [0, 0.1) is 0 Å². The van der Waals surface area contributed by atoms with Gasteiger partial charge in [-0.15, -0.1) is 0 Å². The number of nitrogens with zero attached hydrogens (tertiary/aromatic N) is 2. The average Bonchev–Trinajstić information content (AvgIpc) is 3.24. The molecule has 0 atom stereocenters. The van der Waals surface area contributed by atoms with Crippen LogP contribution in [-0.2, 0) is 22.8 Å². The third-order valence-electron chi connectivity index (χ3n) is 5.69. The molecule has 4 aromatic rings. The fourth-order valence-corrected chi connectivity index (χ4v) is 4.75. The monoisotopic (exact) mass is 484 g/mol. The van der Waals surface area contributed by atoms with Crippen LogP contribution < -0.4 is 9.86 Å². The van der Waals surface area contributed by atoms with E-state index in [2.05, 4.69) is 9.82 Å². The number of hydrogen-bond acceptors (Lipinski definition) is 3. The van der Waals surface area contributed by atoms with Crippen LogP contribution in [0.25, 0.3) is 33.8 Å². The van der Waals surface area contributed by atoms with Crippen molar-refractivity contribution in [3.05, 3.63) is 83.6 Å². The highest BCUT2D eigenvalue weighted by atomic mass is 32.2. The second kappa shape index (κ2) is 8.00. The zero-order valence-corrected chi connectivity index (χ0v) is 18.5. The van der Waals surface area contributed by atoms with Gasteiger partial charge in [0.05, 0.1) is 11.4 Å². The molecule has 0 unspecified atom stereocenters. The third kappa shape index (κ3) is 4.17. The molecule has 34 heavy (non-hydrogen) atoms. The van der Waals surface area contributed by atoms with Gasteiger partial charge in [-0.1, -0.05) is 36.4 Å². The Balaban J connectivity index is 1.73. The van der Waals surface area contributed by atoms with Crippen molar-refractivity contribution >= 4 is 32.7 Å². The van der Waals surface area contributed by atoms with E-state index in [1.807, 2.05) is 42.5 Å². The summed E-state index contributed by atoms with van der Waals surface area (Å²) in [6.07, 6.45) is 0.965. The summed E-state index contributed by atoms with van der Waals surface area (Å²) in [6.45, 7) is 0. The highest BCUT2D eigenvalue weighted by Gasteiger charge is 2.35. The molecular formula is C24H19F3N4O2S. The van der Waals surface area contributed by atoms with Crippen LogP contribution in [0.2, 0.25) is 0 Å². The van der Waals surface area contributed by atoms with Gasteiger partial charge in [0.15, 0.2) is 5.69 Å². The van der Waals surface area contributed by atoms with Crippen molar-refractivity contribution in [1.82, 2.24) is 9.78 Å². The van der Waals surface area contributed by atoms with Crippen LogP contribution in [0.3, 0.4) is 0 Å². The minimum absolute atomic E-state index is 0.182. The van der Waals surface area contributed by atoms with E-state index in [4.69, 9.17) is 5.14 Å². The summed E-state index contributed by atoms with van der Waals surface area (Å²) in [7, 11) is -3.98. The molecule has 10 heteroatoms. The number of aromatic nitrogens is 2. The lowest BCUT2D eigenvalue weighted by atomic mass is 9.87. The predicted molar refractivity (Wildman–Crippen MR) is 126 cm³/mol. The quantitative estimate of drug-likeness (QED) is 0.413. The van der Waals surface area contributed by atoms with Crippen LogP contribution in [-0.4, -0.2) is 18.2 Å². The van der Waals surface area contributed by atoms with Gasteiger partial charge in [0.2, 0.25) is 0 Å². The first kappa shape index (κ1) is 22.2. The maximum atomic E-state index is 13.7. The van der Waals surface area contributed by atoms with Gasteiger partial charge in [0, 0.05) is 11.3 Å². The van der Waals surface area contributed by atoms with E-state index >= 15 is 0 Å². The minimum atomic E-state index is -4.64. The van der Waals surface area contributed by atoms with Crippen molar-refractivity contribution in [3.8, 4) is 16.9 Å². The number of fused-ring (bicyclic) bond motifs is 3. The molecule has 1 aliphatic carbocycles. The van der Waals surface area contributed by atoms with E-state index in [0.717, 1.165) is 40.8 Å². The molecule has 0 saturated heterocycles. The Hall–Kier alpha value is -3.63. The van der Waals surface area contributed by atoms with Gasteiger partial charge < -0.3 is 0 Å². The van der Waals surface area contributed by atoms with Crippen molar-refractivity contribution in [3.63, 3.8) is 0 Å². The van der Waals surface area contributed by atoms with Crippen molar-refractivity contribution in [2.75, 3.05) is 4.72 Å². The number of nitrogens with one attached hydrogen (secondary N) is 1. The average molecular weight is 485 g/mol. The molecule has 1 aliphatic rings. The number of alkyl halides is 3. The van der Waals surface area contributed by atoms with Crippen molar-refractivity contribution in [1.29, 1.82) is 0 Å². The minimum Gasteiger partial charge on any atom is -0.271 e. The third-order valence-corrected chi connectivity index (χ3v) is 6.21. The molecule has 3 aromatic carbocycles. The maximum absolute atomic E-state index is 13.7. The van der Waals surface area contributed by atoms with Gasteiger partial charge in [0.1, 0.15) is 0 Å². The lowest BCUT2D eigenvalue weighted by Gasteiger charge is -2.19. The molecule has 3 N–H and O–H groups in total. The zero-order chi connectivity index (χ0) is 24.1. The number of hydrogen-bond donors (Lipinski definition) is 2. The number of nitrogens with two attached hydrogens (primary N) is 1. The fraction of sp³-hybridized carbons (Fsp3) is 0.125. The van der Waals surface area contributed by atoms with E-state index in [-0.39, 0.29) is 11.4 Å². The first-order valence-electron chi connectivity index (χ1n) is 10.4. The largest absolute Gasteiger partial charge is 0.435 e. The zero-order valence-electron chi connectivity index (χ0n) is 17.7. The SMILES string of the molecule is NS(=O)(=O)Nc1ccc(-n2nc(C(F)(F)F)cc2-c2cc3ccccc3c3c2C=CCC3)cc1. The Morgan fingerprint density at radius 2 is 1.76 bits per heavy atom. The predicted octanol–water partition coefficient (Wildman–Crippen LogP) is 5.29. The summed E-state index contributed by atoms with van der Waals surface area (Å²) in [5.41, 5.74) is 2.38. The molecule has 1 heterocycles. The second-order valence-electron chi connectivity index (χ2n) is 8.00. The van der Waals surface area contributed by atoms with E-state index in [1.165, 1.54) is 28.9 Å². The smallest absolute Gasteiger partial charge is 0.271 e. The Morgan fingerprint density at radius 1 is 1.03 bits per heavy atom. The fourth-order valence-electron chi connectivity index (χ4n) is 4.28. The van der Waals surface area contributed by atoms with Crippen molar-refractivity contribution < 1.29 is 21.6 Å². The first-order chi connectivity index (χ1) is 16.1. The molecule has 0 aliphatic heterocycles. The molecule has 0 amide bonds. The first-order valence-corrected chi connectivity index (χ1v) is 11.9. The Labute approximate surface area is 193 Å². The van der Waals surface area contributed by atoms with Gasteiger partial charge in [-0.25, -0.2) is 9.82 Å². The van der Waals surface area contributed by atoms with Crippen LogP contribution in [0.5, 0.6) is 0 Å². The normalized spacial score (nSPS) is 13.8. The van der Waals surface area contributed by atoms with Gasteiger partial charge in [-0.2, -0.15) is 26.7 Å². The van der Waals surface area contributed by atoms with Crippen molar-refractivity contribution in [2.24, 2.45) is 5.14 Å². The summed E-state index contributed by atoms with van der Waals surface area (Å²) in [5.74, 6) is 0. The molecule has 5 rings (SSSR count). The summed E-state index contributed by atoms with van der Waals surface area (Å²) >= 11 is 0. The molecule has 0 spiro atoms. The number of allylic oxidation sites excluding steroid dienone is 1.